The van der Waals surface area contributed by atoms with Gasteiger partial charge in [-0.3, -0.25) is 4.98 Å². The minimum Gasteiger partial charge on any atom is -0.306 e. The molecule has 2 aliphatic rings. The summed E-state index contributed by atoms with van der Waals surface area (Å²) >= 11 is 0. The van der Waals surface area contributed by atoms with Crippen molar-refractivity contribution in [3.8, 4) is 0 Å². The molecule has 3 atom stereocenters. The molecule has 0 saturated heterocycles. The maximum atomic E-state index is 4.63. The monoisotopic (exact) mass is 272 g/mol. The van der Waals surface area contributed by atoms with Gasteiger partial charge in [0.25, 0.3) is 0 Å². The number of aryl methyl sites for hydroxylation is 1. The largest absolute Gasteiger partial charge is 0.306 e. The molecule has 1 heterocycles. The summed E-state index contributed by atoms with van der Waals surface area (Å²) in [5, 5.41) is 3.97. The standard InChI is InChI=1S/C18H28N2/c1-18(2,3)14-8-4-5-9-15(14)20-16-11-10-13-7-6-12-19-17(13)16/h6-7,12,14-16,20H,4-5,8-11H2,1-3H3. The molecule has 2 nitrogen and oxygen atoms in total. The fraction of sp³-hybridized carbons (Fsp3) is 0.722. The second kappa shape index (κ2) is 5.48. The number of pyridine rings is 1. The molecule has 0 aromatic carbocycles. The van der Waals surface area contributed by atoms with E-state index in [1.165, 1.54) is 49.8 Å². The van der Waals surface area contributed by atoms with Crippen molar-refractivity contribution >= 4 is 0 Å². The van der Waals surface area contributed by atoms with Crippen LogP contribution in [0.2, 0.25) is 0 Å². The van der Waals surface area contributed by atoms with Crippen LogP contribution in [0.5, 0.6) is 0 Å². The van der Waals surface area contributed by atoms with Gasteiger partial charge < -0.3 is 5.32 Å². The predicted molar refractivity (Wildman–Crippen MR) is 83.6 cm³/mol. The van der Waals surface area contributed by atoms with Crippen molar-refractivity contribution in [2.45, 2.75) is 71.4 Å². The normalized spacial score (nSPS) is 30.2. The Bertz CT molecular complexity index is 461. The summed E-state index contributed by atoms with van der Waals surface area (Å²) in [5.41, 5.74) is 3.17. The van der Waals surface area contributed by atoms with Gasteiger partial charge >= 0.3 is 0 Å². The molecule has 3 unspecified atom stereocenters. The topological polar surface area (TPSA) is 24.9 Å². The second-order valence-corrected chi connectivity index (χ2v) is 7.67. The highest BCUT2D eigenvalue weighted by Gasteiger charge is 2.36. The highest BCUT2D eigenvalue weighted by atomic mass is 15.0. The molecule has 2 heteroatoms. The third kappa shape index (κ3) is 2.76. The smallest absolute Gasteiger partial charge is 0.0605 e. The lowest BCUT2D eigenvalue weighted by atomic mass is 9.69. The van der Waals surface area contributed by atoms with Gasteiger partial charge in [0.05, 0.1) is 11.7 Å². The lowest BCUT2D eigenvalue weighted by molar-refractivity contribution is 0.122. The van der Waals surface area contributed by atoms with Gasteiger partial charge in [-0.25, -0.2) is 0 Å². The van der Waals surface area contributed by atoms with Crippen LogP contribution in [-0.2, 0) is 6.42 Å². The minimum absolute atomic E-state index is 0.406. The van der Waals surface area contributed by atoms with E-state index in [9.17, 15) is 0 Å². The van der Waals surface area contributed by atoms with E-state index in [1.807, 2.05) is 6.20 Å². The third-order valence-corrected chi connectivity index (χ3v) is 5.25. The number of nitrogens with zero attached hydrogens (tertiary/aromatic N) is 1. The second-order valence-electron chi connectivity index (χ2n) is 7.67. The summed E-state index contributed by atoms with van der Waals surface area (Å²) in [6, 6.07) is 5.46. The van der Waals surface area contributed by atoms with E-state index in [-0.39, 0.29) is 0 Å². The summed E-state index contributed by atoms with van der Waals surface area (Å²) in [4.78, 5) is 4.63. The molecule has 110 valence electrons. The van der Waals surface area contributed by atoms with Crippen LogP contribution >= 0.6 is 0 Å². The first-order chi connectivity index (χ1) is 9.55. The molecular formula is C18H28N2. The average molecular weight is 272 g/mol. The van der Waals surface area contributed by atoms with Crippen LogP contribution < -0.4 is 5.32 Å². The summed E-state index contributed by atoms with van der Waals surface area (Å²) < 4.78 is 0. The maximum absolute atomic E-state index is 4.63. The first-order valence-electron chi connectivity index (χ1n) is 8.25. The first kappa shape index (κ1) is 14.1. The van der Waals surface area contributed by atoms with Crippen LogP contribution in [0.4, 0.5) is 0 Å². The van der Waals surface area contributed by atoms with Gasteiger partial charge in [-0.1, -0.05) is 39.7 Å². The molecule has 0 bridgehead atoms. The molecule has 0 aliphatic heterocycles. The van der Waals surface area contributed by atoms with E-state index < -0.39 is 0 Å². The molecule has 3 rings (SSSR count). The number of aromatic nitrogens is 1. The Hall–Kier alpha value is -0.890. The zero-order chi connectivity index (χ0) is 14.2. The number of nitrogens with one attached hydrogen (secondary N) is 1. The molecule has 1 N–H and O–H groups in total. The molecule has 1 aromatic heterocycles. The Morgan fingerprint density at radius 2 is 1.95 bits per heavy atom. The fourth-order valence-electron chi connectivity index (χ4n) is 4.20. The Kier molecular flexibility index (Phi) is 3.85. The van der Waals surface area contributed by atoms with Gasteiger partial charge in [-0.2, -0.15) is 0 Å². The minimum atomic E-state index is 0.406. The van der Waals surface area contributed by atoms with Crippen LogP contribution in [0, 0.1) is 11.3 Å². The van der Waals surface area contributed by atoms with Crippen molar-refractivity contribution in [3.05, 3.63) is 29.6 Å². The molecule has 2 aliphatic carbocycles. The average Bonchev–Trinajstić information content (AvgIpc) is 2.82. The van der Waals surface area contributed by atoms with Crippen LogP contribution in [0.1, 0.15) is 70.2 Å². The first-order valence-corrected chi connectivity index (χ1v) is 8.25. The number of fused-ring (bicyclic) bond motifs is 1. The van der Waals surface area contributed by atoms with Crippen LogP contribution in [0.15, 0.2) is 18.3 Å². The van der Waals surface area contributed by atoms with Gasteiger partial charge in [0.15, 0.2) is 0 Å². The lowest BCUT2D eigenvalue weighted by Gasteiger charge is -2.42. The van der Waals surface area contributed by atoms with E-state index in [1.54, 1.807) is 0 Å². The molecule has 0 radical (unpaired) electrons. The Morgan fingerprint density at radius 3 is 2.75 bits per heavy atom. The SMILES string of the molecule is CC(C)(C)C1CCCCC1NC1CCc2cccnc21. The molecular weight excluding hydrogens is 244 g/mol. The van der Waals surface area contributed by atoms with E-state index >= 15 is 0 Å². The Labute approximate surface area is 123 Å². The molecule has 1 saturated carbocycles. The highest BCUT2D eigenvalue weighted by molar-refractivity contribution is 5.28. The summed E-state index contributed by atoms with van der Waals surface area (Å²) in [5.74, 6) is 0.795. The molecule has 0 amide bonds. The van der Waals surface area contributed by atoms with Gasteiger partial charge in [-0.15, -0.1) is 0 Å². The van der Waals surface area contributed by atoms with Crippen molar-refractivity contribution < 1.29 is 0 Å². The third-order valence-electron chi connectivity index (χ3n) is 5.25. The Balaban J connectivity index is 1.74. The van der Waals surface area contributed by atoms with Crippen molar-refractivity contribution in [3.63, 3.8) is 0 Å². The number of rotatable bonds is 2. The van der Waals surface area contributed by atoms with Crippen molar-refractivity contribution in [2.24, 2.45) is 11.3 Å². The summed E-state index contributed by atoms with van der Waals surface area (Å²) in [6.45, 7) is 7.20. The van der Waals surface area contributed by atoms with E-state index in [2.05, 4.69) is 43.2 Å². The van der Waals surface area contributed by atoms with E-state index in [4.69, 9.17) is 0 Å². The van der Waals surface area contributed by atoms with Gasteiger partial charge in [0, 0.05) is 12.2 Å². The zero-order valence-corrected chi connectivity index (χ0v) is 13.2. The molecule has 1 fully saturated rings. The van der Waals surface area contributed by atoms with Gasteiger partial charge in [0.2, 0.25) is 0 Å². The van der Waals surface area contributed by atoms with Crippen LogP contribution in [-0.4, -0.2) is 11.0 Å². The Morgan fingerprint density at radius 1 is 1.15 bits per heavy atom. The van der Waals surface area contributed by atoms with Gasteiger partial charge in [0.1, 0.15) is 0 Å². The fourth-order valence-corrected chi connectivity index (χ4v) is 4.20. The number of hydrogen-bond donors (Lipinski definition) is 1. The zero-order valence-electron chi connectivity index (χ0n) is 13.2. The summed E-state index contributed by atoms with van der Waals surface area (Å²) in [6.07, 6.45) is 9.85. The van der Waals surface area contributed by atoms with Crippen molar-refractivity contribution in [2.75, 3.05) is 0 Å². The number of hydrogen-bond acceptors (Lipinski definition) is 2. The summed E-state index contributed by atoms with van der Waals surface area (Å²) in [7, 11) is 0. The van der Waals surface area contributed by atoms with Crippen molar-refractivity contribution in [1.82, 2.24) is 10.3 Å². The quantitative estimate of drug-likeness (QED) is 0.870. The lowest BCUT2D eigenvalue weighted by Crippen LogP contribution is -2.45. The van der Waals surface area contributed by atoms with Crippen LogP contribution in [0.25, 0.3) is 0 Å². The predicted octanol–water partition coefficient (Wildman–Crippen LogP) is 4.26. The molecule has 1 aromatic rings. The van der Waals surface area contributed by atoms with Crippen LogP contribution in [0.3, 0.4) is 0 Å². The highest BCUT2D eigenvalue weighted by Crippen LogP contribution is 2.40. The molecule has 0 spiro atoms. The van der Waals surface area contributed by atoms with Crippen molar-refractivity contribution in [1.29, 1.82) is 0 Å². The molecule has 20 heavy (non-hydrogen) atoms. The van der Waals surface area contributed by atoms with E-state index in [0.717, 1.165) is 5.92 Å². The van der Waals surface area contributed by atoms with Gasteiger partial charge in [-0.05, 0) is 48.6 Å². The van der Waals surface area contributed by atoms with E-state index in [0.29, 0.717) is 17.5 Å². The maximum Gasteiger partial charge on any atom is 0.0605 e.